The molecular weight excluding hydrogens is 796 g/mol. The van der Waals surface area contributed by atoms with Gasteiger partial charge in [-0.1, -0.05) is 43.5 Å². The van der Waals surface area contributed by atoms with Crippen LogP contribution in [0.3, 0.4) is 0 Å². The second kappa shape index (κ2) is 14.9. The maximum atomic E-state index is 13.7. The quantitative estimate of drug-likeness (QED) is 0.198. The summed E-state index contributed by atoms with van der Waals surface area (Å²) in [5.41, 5.74) is 6.04. The Balaban J connectivity index is 0.753. The zero-order chi connectivity index (χ0) is 39.7. The monoisotopic (exact) mass is 844 g/mol. The summed E-state index contributed by atoms with van der Waals surface area (Å²) in [5, 5.41) is 2.94. The number of anilines is 1. The molecule has 58 heavy (non-hydrogen) atoms. The maximum Gasteiger partial charge on any atom is 0.281 e. The molecule has 1 atom stereocenters. The smallest absolute Gasteiger partial charge is 0.281 e. The standard InChI is InChI=1S/C46H49BrN6O5/c47-33-9-5-11-35-40(33)42(56)49-45-46(20-2-1-3-21-46)32-13-12-30(27-37(32)52(35)45)29-18-23-50(24-19-29)22-6-7-28-16-25-51(26-17-28)34-10-4-8-31-39(34)44(58)53(43(31)57)36-14-15-38(54)48-41(36)55/h4-5,8-13,27-29,36H,1-3,6-7,14-26H2,(H,48,54,55). The summed E-state index contributed by atoms with van der Waals surface area (Å²) in [6.45, 7) is 4.92. The fraction of sp³-hybridized carbons (Fsp3) is 0.478. The van der Waals surface area contributed by atoms with Crippen LogP contribution in [0.1, 0.15) is 127 Å². The van der Waals surface area contributed by atoms with E-state index in [4.69, 9.17) is 4.98 Å². The summed E-state index contributed by atoms with van der Waals surface area (Å²) in [6, 6.07) is 17.6. The third kappa shape index (κ3) is 6.15. The largest absolute Gasteiger partial charge is 0.371 e. The number of piperidine rings is 3. The summed E-state index contributed by atoms with van der Waals surface area (Å²) >= 11 is 3.65. The van der Waals surface area contributed by atoms with Gasteiger partial charge in [-0.25, -0.2) is 0 Å². The SMILES string of the molecule is O=C1CCC(N2C(=O)c3cccc(N4CCC(CCCN5CCC(c6ccc7c(c6)-n6c(nc(=O)c8c(Br)cccc86)C76CCCCC6)CC5)CC4)c3C2=O)C(=O)N1. The molecule has 300 valence electrons. The van der Waals surface area contributed by atoms with E-state index in [0.29, 0.717) is 28.3 Å². The molecule has 0 bridgehead atoms. The highest BCUT2D eigenvalue weighted by molar-refractivity contribution is 9.10. The van der Waals surface area contributed by atoms with Crippen molar-refractivity contribution in [2.24, 2.45) is 5.92 Å². The lowest BCUT2D eigenvalue weighted by Crippen LogP contribution is -2.54. The van der Waals surface area contributed by atoms with Crippen LogP contribution in [0.2, 0.25) is 0 Å². The first-order valence-electron chi connectivity index (χ1n) is 21.4. The number of fused-ring (bicyclic) bond motifs is 8. The molecule has 1 saturated carbocycles. The van der Waals surface area contributed by atoms with Gasteiger partial charge in [0, 0.05) is 24.0 Å². The van der Waals surface area contributed by atoms with Crippen molar-refractivity contribution < 1.29 is 19.2 Å². The average Bonchev–Trinajstić information content (AvgIpc) is 3.64. The van der Waals surface area contributed by atoms with Gasteiger partial charge in [0.1, 0.15) is 11.9 Å². The minimum absolute atomic E-state index is 0.106. The summed E-state index contributed by atoms with van der Waals surface area (Å²) in [6.07, 6.45) is 12.5. The van der Waals surface area contributed by atoms with Gasteiger partial charge < -0.3 is 9.80 Å². The number of imide groups is 2. The molecule has 4 fully saturated rings. The molecule has 6 aliphatic rings. The van der Waals surface area contributed by atoms with E-state index in [1.54, 1.807) is 6.07 Å². The van der Waals surface area contributed by atoms with Crippen LogP contribution in [0, 0.1) is 5.92 Å². The van der Waals surface area contributed by atoms with E-state index in [-0.39, 0.29) is 29.7 Å². The van der Waals surface area contributed by atoms with E-state index >= 15 is 0 Å². The summed E-state index contributed by atoms with van der Waals surface area (Å²) in [7, 11) is 0. The average molecular weight is 846 g/mol. The zero-order valence-corrected chi connectivity index (χ0v) is 34.4. The lowest BCUT2D eigenvalue weighted by Gasteiger charge is -2.36. The van der Waals surface area contributed by atoms with Crippen molar-refractivity contribution in [3.8, 4) is 5.69 Å². The first-order chi connectivity index (χ1) is 28.2. The van der Waals surface area contributed by atoms with Crippen LogP contribution in [0.5, 0.6) is 0 Å². The van der Waals surface area contributed by atoms with E-state index in [1.807, 2.05) is 24.3 Å². The van der Waals surface area contributed by atoms with E-state index in [9.17, 15) is 24.0 Å². The van der Waals surface area contributed by atoms with Crippen LogP contribution in [0.4, 0.5) is 5.69 Å². The van der Waals surface area contributed by atoms with E-state index < -0.39 is 23.8 Å². The fourth-order valence-electron chi connectivity index (χ4n) is 11.3. The molecule has 1 unspecified atom stereocenters. The van der Waals surface area contributed by atoms with Crippen LogP contribution in [0.25, 0.3) is 16.6 Å². The van der Waals surface area contributed by atoms with E-state index in [1.165, 1.54) is 29.7 Å². The van der Waals surface area contributed by atoms with Crippen molar-refractivity contribution in [1.29, 1.82) is 0 Å². The first kappa shape index (κ1) is 37.6. The number of benzene rings is 3. The second-order valence-electron chi connectivity index (χ2n) is 17.5. The highest BCUT2D eigenvalue weighted by Crippen LogP contribution is 2.52. The van der Waals surface area contributed by atoms with Crippen LogP contribution < -0.4 is 15.8 Å². The Morgan fingerprint density at radius 2 is 1.59 bits per heavy atom. The molecule has 1 aromatic heterocycles. The van der Waals surface area contributed by atoms with Gasteiger partial charge in [-0.2, -0.15) is 4.98 Å². The fourth-order valence-corrected chi connectivity index (χ4v) is 11.8. The summed E-state index contributed by atoms with van der Waals surface area (Å²) in [4.78, 5) is 75.5. The second-order valence-corrected chi connectivity index (χ2v) is 18.3. The number of likely N-dealkylation sites (tertiary alicyclic amines) is 1. The third-order valence-corrected chi connectivity index (χ3v) is 15.0. The predicted molar refractivity (Wildman–Crippen MR) is 225 cm³/mol. The highest BCUT2D eigenvalue weighted by Gasteiger charge is 2.48. The number of carbonyl (C=O) groups is 4. The van der Waals surface area contributed by atoms with Crippen LogP contribution in [0.15, 0.2) is 63.9 Å². The van der Waals surface area contributed by atoms with Gasteiger partial charge in [0.25, 0.3) is 17.4 Å². The van der Waals surface area contributed by atoms with Crippen molar-refractivity contribution in [3.05, 3.63) is 97.5 Å². The molecule has 1 aliphatic carbocycles. The number of nitrogens with one attached hydrogen (secondary N) is 1. The molecule has 3 saturated heterocycles. The van der Waals surface area contributed by atoms with Gasteiger partial charge in [-0.05, 0) is 147 Å². The number of nitrogens with zero attached hydrogens (tertiary/aromatic N) is 5. The molecule has 0 radical (unpaired) electrons. The van der Waals surface area contributed by atoms with Crippen molar-refractivity contribution in [2.45, 2.75) is 101 Å². The number of hydrogen-bond donors (Lipinski definition) is 1. The predicted octanol–water partition coefficient (Wildman–Crippen LogP) is 6.99. The van der Waals surface area contributed by atoms with Gasteiger partial charge in [0.2, 0.25) is 11.8 Å². The number of rotatable bonds is 7. The molecule has 4 amide bonds. The Morgan fingerprint density at radius 1 is 0.810 bits per heavy atom. The molecule has 5 aliphatic heterocycles. The summed E-state index contributed by atoms with van der Waals surface area (Å²) < 4.78 is 3.11. The van der Waals surface area contributed by atoms with Gasteiger partial charge >= 0.3 is 0 Å². The van der Waals surface area contributed by atoms with Gasteiger partial charge in [0.15, 0.2) is 0 Å². The Bertz CT molecular complexity index is 2420. The molecule has 6 heterocycles. The minimum Gasteiger partial charge on any atom is -0.371 e. The van der Waals surface area contributed by atoms with Crippen LogP contribution >= 0.6 is 15.9 Å². The molecular formula is C46H49BrN6O5. The third-order valence-electron chi connectivity index (χ3n) is 14.3. The number of halogens is 1. The zero-order valence-electron chi connectivity index (χ0n) is 32.8. The van der Waals surface area contributed by atoms with Crippen molar-refractivity contribution >= 4 is 56.1 Å². The summed E-state index contributed by atoms with van der Waals surface area (Å²) in [5.74, 6) is 0.187. The number of hydrogen-bond acceptors (Lipinski definition) is 8. The molecule has 1 spiro atoms. The Labute approximate surface area is 346 Å². The van der Waals surface area contributed by atoms with E-state index in [2.05, 4.69) is 59.9 Å². The van der Waals surface area contributed by atoms with Gasteiger partial charge in [-0.3, -0.25) is 38.8 Å². The van der Waals surface area contributed by atoms with E-state index in [0.717, 1.165) is 117 Å². The van der Waals surface area contributed by atoms with Crippen molar-refractivity contribution in [2.75, 3.05) is 37.6 Å². The first-order valence-corrected chi connectivity index (χ1v) is 22.2. The van der Waals surface area contributed by atoms with Crippen molar-refractivity contribution in [1.82, 2.24) is 24.7 Å². The molecule has 4 aromatic rings. The lowest BCUT2D eigenvalue weighted by molar-refractivity contribution is -0.136. The van der Waals surface area contributed by atoms with Gasteiger partial charge in [-0.15, -0.1) is 0 Å². The molecule has 1 N–H and O–H groups in total. The normalized spacial score (nSPS) is 22.5. The van der Waals surface area contributed by atoms with Gasteiger partial charge in [0.05, 0.1) is 38.8 Å². The highest BCUT2D eigenvalue weighted by atomic mass is 79.9. The number of aromatic nitrogens is 2. The maximum absolute atomic E-state index is 13.7. The van der Waals surface area contributed by atoms with Crippen LogP contribution in [-0.4, -0.2) is 81.7 Å². The molecule has 10 rings (SSSR count). The Kier molecular flexibility index (Phi) is 9.62. The molecule has 12 heteroatoms. The Hall–Kier alpha value is -4.68. The molecule has 11 nitrogen and oxygen atoms in total. The molecule has 3 aromatic carbocycles. The lowest BCUT2D eigenvalue weighted by atomic mass is 9.69. The minimum atomic E-state index is -0.962. The van der Waals surface area contributed by atoms with Crippen LogP contribution in [-0.2, 0) is 15.0 Å². The number of amides is 4. The number of carbonyl (C=O) groups excluding carboxylic acids is 4. The van der Waals surface area contributed by atoms with Crippen molar-refractivity contribution in [3.63, 3.8) is 0 Å². The topological polar surface area (TPSA) is 125 Å². The Morgan fingerprint density at radius 3 is 2.36 bits per heavy atom.